The third-order valence-electron chi connectivity index (χ3n) is 3.30. The predicted octanol–water partition coefficient (Wildman–Crippen LogP) is 2.43. The fraction of sp³-hybridized carbons (Fsp3) is 0.0714. The molecule has 0 fully saturated rings. The molecule has 0 radical (unpaired) electrons. The minimum atomic E-state index is 0.594. The zero-order valence-corrected chi connectivity index (χ0v) is 13.6. The molecule has 1 N–H and O–H groups in total. The lowest BCUT2D eigenvalue weighted by Gasteiger charge is -2.08. The molecule has 23 heavy (non-hydrogen) atoms. The third-order valence-corrected chi connectivity index (χ3v) is 3.88. The molecular formula is C14H11BrN8. The van der Waals surface area contributed by atoms with Crippen LogP contribution < -0.4 is 5.32 Å². The summed E-state index contributed by atoms with van der Waals surface area (Å²) in [4.78, 5) is 10.1. The van der Waals surface area contributed by atoms with Gasteiger partial charge in [-0.15, -0.1) is 10.2 Å². The van der Waals surface area contributed by atoms with Crippen LogP contribution in [0.15, 0.2) is 47.5 Å². The van der Waals surface area contributed by atoms with Crippen molar-refractivity contribution < 1.29 is 0 Å². The van der Waals surface area contributed by atoms with Crippen molar-refractivity contribution in [2.45, 2.75) is 0 Å². The molecule has 3 heterocycles. The van der Waals surface area contributed by atoms with Crippen LogP contribution in [-0.2, 0) is 7.05 Å². The first-order valence-corrected chi connectivity index (χ1v) is 7.59. The van der Waals surface area contributed by atoms with E-state index in [0.717, 1.165) is 21.5 Å². The van der Waals surface area contributed by atoms with Gasteiger partial charge in [0.25, 0.3) is 0 Å². The average molecular weight is 371 g/mol. The van der Waals surface area contributed by atoms with Crippen molar-refractivity contribution >= 4 is 33.1 Å². The molecule has 8 nitrogen and oxygen atoms in total. The van der Waals surface area contributed by atoms with Crippen LogP contribution in [0.1, 0.15) is 0 Å². The van der Waals surface area contributed by atoms with Crippen molar-refractivity contribution in [2.75, 3.05) is 5.32 Å². The van der Waals surface area contributed by atoms with Gasteiger partial charge in [-0.3, -0.25) is 4.40 Å². The van der Waals surface area contributed by atoms with Gasteiger partial charge in [0.1, 0.15) is 4.60 Å². The van der Waals surface area contributed by atoms with Gasteiger partial charge in [-0.25, -0.2) is 9.97 Å². The number of hydrogen-bond donors (Lipinski definition) is 1. The molecule has 0 saturated carbocycles. The van der Waals surface area contributed by atoms with Gasteiger partial charge < -0.3 is 5.32 Å². The quantitative estimate of drug-likeness (QED) is 0.595. The fourth-order valence-electron chi connectivity index (χ4n) is 2.22. The molecule has 1 aromatic carbocycles. The van der Waals surface area contributed by atoms with Crippen LogP contribution in [0.2, 0.25) is 0 Å². The highest BCUT2D eigenvalue weighted by molar-refractivity contribution is 9.10. The van der Waals surface area contributed by atoms with Gasteiger partial charge in [-0.05, 0) is 45.4 Å². The zero-order valence-electron chi connectivity index (χ0n) is 12.0. The summed E-state index contributed by atoms with van der Waals surface area (Å²) in [6, 6.07) is 7.74. The van der Waals surface area contributed by atoms with Gasteiger partial charge in [-0.2, -0.15) is 4.80 Å². The number of anilines is 2. The molecule has 114 valence electrons. The zero-order chi connectivity index (χ0) is 15.8. The lowest BCUT2D eigenvalue weighted by atomic mass is 10.2. The van der Waals surface area contributed by atoms with Gasteiger partial charge in [0, 0.05) is 23.6 Å². The topological polar surface area (TPSA) is 85.8 Å². The second kappa shape index (κ2) is 5.43. The van der Waals surface area contributed by atoms with Gasteiger partial charge in [0.2, 0.25) is 5.82 Å². The van der Waals surface area contributed by atoms with E-state index in [1.54, 1.807) is 19.4 Å². The Morgan fingerprint density at radius 3 is 2.70 bits per heavy atom. The van der Waals surface area contributed by atoms with E-state index in [2.05, 4.69) is 46.6 Å². The van der Waals surface area contributed by atoms with Crippen molar-refractivity contribution in [1.82, 2.24) is 34.6 Å². The maximum atomic E-state index is 4.38. The summed E-state index contributed by atoms with van der Waals surface area (Å²) < 4.78 is 2.76. The number of fused-ring (bicyclic) bond motifs is 1. The number of hydrogen-bond acceptors (Lipinski definition) is 6. The molecule has 0 amide bonds. The van der Waals surface area contributed by atoms with Crippen LogP contribution in [0.3, 0.4) is 0 Å². The SMILES string of the molecule is Cn1nnc(-c2ccc(Nc3ncc(Br)n4ccnc34)cc2)n1. The van der Waals surface area contributed by atoms with Crippen LogP contribution in [0, 0.1) is 0 Å². The minimum Gasteiger partial charge on any atom is -0.337 e. The Bertz CT molecular complexity index is 972. The normalized spacial score (nSPS) is 11.0. The third kappa shape index (κ3) is 2.55. The summed E-state index contributed by atoms with van der Waals surface area (Å²) in [6.07, 6.45) is 5.33. The Labute approximate surface area is 139 Å². The van der Waals surface area contributed by atoms with E-state index in [4.69, 9.17) is 0 Å². The maximum absolute atomic E-state index is 4.38. The first-order valence-electron chi connectivity index (χ1n) is 6.80. The Morgan fingerprint density at radius 1 is 1.13 bits per heavy atom. The first-order chi connectivity index (χ1) is 11.2. The van der Waals surface area contributed by atoms with Crippen LogP contribution in [0.4, 0.5) is 11.5 Å². The highest BCUT2D eigenvalue weighted by Crippen LogP contribution is 2.23. The van der Waals surface area contributed by atoms with Crippen LogP contribution in [0.5, 0.6) is 0 Å². The minimum absolute atomic E-state index is 0.594. The van der Waals surface area contributed by atoms with Gasteiger partial charge in [-0.1, -0.05) is 0 Å². The Balaban J connectivity index is 1.63. The number of rotatable bonds is 3. The summed E-state index contributed by atoms with van der Waals surface area (Å²) in [5.41, 5.74) is 2.55. The molecule has 0 aliphatic carbocycles. The molecule has 4 rings (SSSR count). The molecule has 0 unspecified atom stereocenters. The summed E-state index contributed by atoms with van der Waals surface area (Å²) >= 11 is 3.44. The molecule has 0 saturated heterocycles. The molecule has 0 atom stereocenters. The van der Waals surface area contributed by atoms with Crippen molar-refractivity contribution in [3.63, 3.8) is 0 Å². The number of aromatic nitrogens is 7. The van der Waals surface area contributed by atoms with E-state index in [0.29, 0.717) is 11.6 Å². The largest absolute Gasteiger partial charge is 0.337 e. The molecule has 0 spiro atoms. The Kier molecular flexibility index (Phi) is 3.27. The number of nitrogens with one attached hydrogen (secondary N) is 1. The number of imidazole rings is 1. The number of tetrazole rings is 1. The molecule has 4 aromatic rings. The highest BCUT2D eigenvalue weighted by atomic mass is 79.9. The summed E-state index contributed by atoms with van der Waals surface area (Å²) in [5.74, 6) is 1.28. The summed E-state index contributed by atoms with van der Waals surface area (Å²) in [5, 5.41) is 15.3. The van der Waals surface area contributed by atoms with E-state index in [1.165, 1.54) is 4.80 Å². The fourth-order valence-corrected chi connectivity index (χ4v) is 2.60. The molecular weight excluding hydrogens is 360 g/mol. The first kappa shape index (κ1) is 13.8. The number of benzene rings is 1. The number of halogens is 1. The molecule has 0 bridgehead atoms. The number of aryl methyl sites for hydroxylation is 1. The number of nitrogens with zero attached hydrogens (tertiary/aromatic N) is 7. The monoisotopic (exact) mass is 370 g/mol. The predicted molar refractivity (Wildman–Crippen MR) is 88.2 cm³/mol. The average Bonchev–Trinajstić information content (AvgIpc) is 3.20. The van der Waals surface area contributed by atoms with Gasteiger partial charge in [0.05, 0.1) is 13.2 Å². The van der Waals surface area contributed by atoms with Crippen LogP contribution in [0.25, 0.3) is 17.0 Å². The van der Waals surface area contributed by atoms with E-state index < -0.39 is 0 Å². The molecule has 0 aliphatic heterocycles. The maximum Gasteiger partial charge on any atom is 0.204 e. The summed E-state index contributed by atoms with van der Waals surface area (Å²) in [7, 11) is 1.74. The van der Waals surface area contributed by atoms with Crippen molar-refractivity contribution in [1.29, 1.82) is 0 Å². The van der Waals surface area contributed by atoms with Gasteiger partial charge in [0.15, 0.2) is 11.5 Å². The van der Waals surface area contributed by atoms with E-state index >= 15 is 0 Å². The smallest absolute Gasteiger partial charge is 0.204 e. The van der Waals surface area contributed by atoms with Crippen molar-refractivity contribution in [3.8, 4) is 11.4 Å². The Morgan fingerprint density at radius 2 is 1.96 bits per heavy atom. The van der Waals surface area contributed by atoms with Crippen LogP contribution in [-0.4, -0.2) is 34.6 Å². The lowest BCUT2D eigenvalue weighted by molar-refractivity contribution is 0.630. The molecule has 0 aliphatic rings. The second-order valence-electron chi connectivity index (χ2n) is 4.86. The second-order valence-corrected chi connectivity index (χ2v) is 5.67. The van der Waals surface area contributed by atoms with Gasteiger partial charge >= 0.3 is 0 Å². The lowest BCUT2D eigenvalue weighted by Crippen LogP contribution is -1.99. The van der Waals surface area contributed by atoms with E-state index in [-0.39, 0.29) is 0 Å². The van der Waals surface area contributed by atoms with Crippen molar-refractivity contribution in [3.05, 3.63) is 47.5 Å². The highest BCUT2D eigenvalue weighted by Gasteiger charge is 2.08. The summed E-state index contributed by atoms with van der Waals surface area (Å²) in [6.45, 7) is 0. The standard InChI is InChI=1S/C14H11BrN8/c1-22-20-12(19-21-22)9-2-4-10(5-3-9)18-13-14-16-6-7-23(14)11(15)8-17-13/h2-8H,1H3,(H,17,18). The van der Waals surface area contributed by atoms with Crippen molar-refractivity contribution in [2.24, 2.45) is 7.05 Å². The molecule has 3 aromatic heterocycles. The molecule has 9 heteroatoms. The van der Waals surface area contributed by atoms with E-state index in [1.807, 2.05) is 34.9 Å². The van der Waals surface area contributed by atoms with E-state index in [9.17, 15) is 0 Å². The van der Waals surface area contributed by atoms with Crippen LogP contribution >= 0.6 is 15.9 Å². The Hall–Kier alpha value is -2.81.